The van der Waals surface area contributed by atoms with Crippen molar-refractivity contribution in [1.29, 1.82) is 0 Å². The minimum Gasteiger partial charge on any atom is -0.495 e. The first-order valence-electron chi connectivity index (χ1n) is 5.93. The van der Waals surface area contributed by atoms with E-state index in [4.69, 9.17) is 22.1 Å². The lowest BCUT2D eigenvalue weighted by Gasteiger charge is -2.17. The van der Waals surface area contributed by atoms with Crippen LogP contribution in [0.25, 0.3) is 0 Å². The molecule has 0 saturated carbocycles. The number of halogens is 1. The second-order valence-corrected chi connectivity index (χ2v) is 7.31. The van der Waals surface area contributed by atoms with E-state index in [0.717, 1.165) is 0 Å². The fraction of sp³-hybridized carbons (Fsp3) is 0.500. The van der Waals surface area contributed by atoms with E-state index in [2.05, 4.69) is 4.72 Å². The van der Waals surface area contributed by atoms with Crippen LogP contribution in [0.4, 0.5) is 0 Å². The van der Waals surface area contributed by atoms with Gasteiger partial charge in [0.2, 0.25) is 10.0 Å². The lowest BCUT2D eigenvalue weighted by molar-refractivity contribution is 0.397. The molecule has 1 unspecified atom stereocenters. The molecule has 1 aromatic carbocycles. The van der Waals surface area contributed by atoms with Gasteiger partial charge in [0.1, 0.15) is 10.6 Å². The number of nitrogens with two attached hydrogens (primary N) is 1. The van der Waals surface area contributed by atoms with Crippen LogP contribution in [-0.4, -0.2) is 33.6 Å². The molecule has 3 N–H and O–H groups in total. The van der Waals surface area contributed by atoms with Crippen LogP contribution in [0.1, 0.15) is 12.5 Å². The Morgan fingerprint density at radius 3 is 2.65 bits per heavy atom. The number of benzene rings is 1. The maximum absolute atomic E-state index is 12.4. The van der Waals surface area contributed by atoms with Gasteiger partial charge in [0.05, 0.1) is 7.11 Å². The Morgan fingerprint density at radius 1 is 1.50 bits per heavy atom. The Balaban J connectivity index is 3.26. The minimum atomic E-state index is -3.71. The van der Waals surface area contributed by atoms with Crippen molar-refractivity contribution in [3.05, 3.63) is 22.7 Å². The first kappa shape index (κ1) is 17.6. The molecule has 1 aromatic rings. The number of nitrogens with one attached hydrogen (secondary N) is 1. The molecule has 114 valence electrons. The van der Waals surface area contributed by atoms with Crippen molar-refractivity contribution >= 4 is 33.4 Å². The van der Waals surface area contributed by atoms with Crippen LogP contribution in [0.5, 0.6) is 5.75 Å². The number of thioether (sulfide) groups is 1. The van der Waals surface area contributed by atoms with E-state index in [0.29, 0.717) is 16.3 Å². The van der Waals surface area contributed by atoms with Gasteiger partial charge < -0.3 is 10.5 Å². The van der Waals surface area contributed by atoms with Gasteiger partial charge >= 0.3 is 0 Å². The smallest absolute Gasteiger partial charge is 0.244 e. The molecule has 1 atom stereocenters. The second kappa shape index (κ2) is 7.51. The van der Waals surface area contributed by atoms with Gasteiger partial charge in [0.15, 0.2) is 0 Å². The third kappa shape index (κ3) is 4.26. The summed E-state index contributed by atoms with van der Waals surface area (Å²) in [7, 11) is -2.30. The van der Waals surface area contributed by atoms with E-state index < -0.39 is 10.0 Å². The van der Waals surface area contributed by atoms with Crippen molar-refractivity contribution in [3.63, 3.8) is 0 Å². The summed E-state index contributed by atoms with van der Waals surface area (Å²) in [4.78, 5) is 0.0147. The molecule has 0 aromatic heterocycles. The summed E-state index contributed by atoms with van der Waals surface area (Å²) >= 11 is 7.52. The molecule has 0 aliphatic rings. The summed E-state index contributed by atoms with van der Waals surface area (Å²) in [6.07, 6.45) is 1.91. The third-order valence-corrected chi connectivity index (χ3v) is 5.23. The largest absolute Gasteiger partial charge is 0.495 e. The topological polar surface area (TPSA) is 81.4 Å². The molecule has 0 bridgehead atoms. The van der Waals surface area contributed by atoms with Crippen LogP contribution in [0.3, 0.4) is 0 Å². The minimum absolute atomic E-state index is 0.0147. The van der Waals surface area contributed by atoms with Crippen LogP contribution in [0, 0.1) is 0 Å². The predicted octanol–water partition coefficient (Wildman–Crippen LogP) is 1.84. The average Bonchev–Trinajstić information content (AvgIpc) is 2.37. The predicted molar refractivity (Wildman–Crippen MR) is 84.1 cm³/mol. The summed E-state index contributed by atoms with van der Waals surface area (Å²) in [5.41, 5.74) is 6.15. The van der Waals surface area contributed by atoms with Gasteiger partial charge in [-0.1, -0.05) is 11.6 Å². The molecule has 8 heteroatoms. The number of rotatable bonds is 7. The molecular weight excluding hydrogens is 320 g/mol. The highest BCUT2D eigenvalue weighted by atomic mass is 35.5. The molecule has 0 amide bonds. The van der Waals surface area contributed by atoms with Crippen molar-refractivity contribution in [1.82, 2.24) is 4.72 Å². The highest BCUT2D eigenvalue weighted by Crippen LogP contribution is 2.31. The lowest BCUT2D eigenvalue weighted by Crippen LogP contribution is -2.34. The quantitative estimate of drug-likeness (QED) is 0.792. The third-order valence-electron chi connectivity index (χ3n) is 2.58. The molecular formula is C12H19ClN2O3S2. The van der Waals surface area contributed by atoms with Gasteiger partial charge in [-0.2, -0.15) is 11.8 Å². The number of hydrogen-bond acceptors (Lipinski definition) is 5. The van der Waals surface area contributed by atoms with Gasteiger partial charge in [-0.15, -0.1) is 0 Å². The molecule has 20 heavy (non-hydrogen) atoms. The van der Waals surface area contributed by atoms with Crippen molar-refractivity contribution < 1.29 is 13.2 Å². The molecule has 0 radical (unpaired) electrons. The zero-order valence-electron chi connectivity index (χ0n) is 11.6. The molecule has 0 aliphatic carbocycles. The SMILES string of the molecule is COc1c(CN)cc(Cl)cc1S(=O)(=O)NC(C)CSC. The van der Waals surface area contributed by atoms with E-state index >= 15 is 0 Å². The maximum atomic E-state index is 12.4. The van der Waals surface area contributed by atoms with Gasteiger partial charge in [-0.3, -0.25) is 0 Å². The van der Waals surface area contributed by atoms with Crippen molar-refractivity contribution in [2.24, 2.45) is 5.73 Å². The van der Waals surface area contributed by atoms with Crippen LogP contribution in [0.2, 0.25) is 5.02 Å². The Morgan fingerprint density at radius 2 is 2.15 bits per heavy atom. The highest BCUT2D eigenvalue weighted by Gasteiger charge is 2.24. The molecule has 0 aliphatic heterocycles. The van der Waals surface area contributed by atoms with E-state index in [9.17, 15) is 8.42 Å². The molecule has 0 saturated heterocycles. The van der Waals surface area contributed by atoms with Gasteiger partial charge in [0, 0.05) is 28.9 Å². The summed E-state index contributed by atoms with van der Waals surface area (Å²) in [6, 6.07) is 2.78. The number of ether oxygens (including phenoxy) is 1. The summed E-state index contributed by atoms with van der Waals surface area (Å²) < 4.78 is 32.6. The van der Waals surface area contributed by atoms with E-state index in [1.165, 1.54) is 13.2 Å². The van der Waals surface area contributed by atoms with Gasteiger partial charge in [-0.05, 0) is 25.3 Å². The highest BCUT2D eigenvalue weighted by molar-refractivity contribution is 7.98. The Hall–Kier alpha value is -0.470. The van der Waals surface area contributed by atoms with Crippen LogP contribution < -0.4 is 15.2 Å². The average molecular weight is 339 g/mol. The maximum Gasteiger partial charge on any atom is 0.244 e. The zero-order valence-corrected chi connectivity index (χ0v) is 14.0. The first-order chi connectivity index (χ1) is 9.35. The molecule has 5 nitrogen and oxygen atoms in total. The lowest BCUT2D eigenvalue weighted by atomic mass is 10.2. The van der Waals surface area contributed by atoms with Gasteiger partial charge in [0.25, 0.3) is 0 Å². The van der Waals surface area contributed by atoms with Crippen LogP contribution >= 0.6 is 23.4 Å². The first-order valence-corrected chi connectivity index (χ1v) is 9.19. The van der Waals surface area contributed by atoms with Crippen LogP contribution in [-0.2, 0) is 16.6 Å². The Labute approximate surface area is 129 Å². The molecule has 0 fully saturated rings. The second-order valence-electron chi connectivity index (χ2n) is 4.28. The monoisotopic (exact) mass is 338 g/mol. The zero-order chi connectivity index (χ0) is 15.3. The fourth-order valence-corrected chi connectivity index (χ4v) is 4.29. The summed E-state index contributed by atoms with van der Waals surface area (Å²) in [5.74, 6) is 0.909. The Kier molecular flexibility index (Phi) is 6.60. The summed E-state index contributed by atoms with van der Waals surface area (Å²) in [6.45, 7) is 1.95. The van der Waals surface area contributed by atoms with Crippen molar-refractivity contribution in [3.8, 4) is 5.75 Å². The van der Waals surface area contributed by atoms with Crippen molar-refractivity contribution in [2.45, 2.75) is 24.4 Å². The van der Waals surface area contributed by atoms with Gasteiger partial charge in [-0.25, -0.2) is 13.1 Å². The molecule has 0 heterocycles. The fourth-order valence-electron chi connectivity index (χ4n) is 1.82. The normalized spacial score (nSPS) is 13.2. The number of hydrogen-bond donors (Lipinski definition) is 2. The number of sulfonamides is 1. The standard InChI is InChI=1S/C12H19ClN2O3S2/c1-8(7-19-3)15-20(16,17)11-5-10(13)4-9(6-14)12(11)18-2/h4-5,8,15H,6-7,14H2,1-3H3. The van der Waals surface area contributed by atoms with E-state index in [1.807, 2.05) is 6.26 Å². The number of methoxy groups -OCH3 is 1. The summed E-state index contributed by atoms with van der Waals surface area (Å²) in [5, 5.41) is 0.309. The molecule has 1 rings (SSSR count). The molecule has 0 spiro atoms. The van der Waals surface area contributed by atoms with E-state index in [1.54, 1.807) is 24.8 Å². The Bertz CT molecular complexity index is 564. The van der Waals surface area contributed by atoms with Crippen LogP contribution in [0.15, 0.2) is 17.0 Å². The van der Waals surface area contributed by atoms with Crippen molar-refractivity contribution in [2.75, 3.05) is 19.1 Å². The van der Waals surface area contributed by atoms with E-state index in [-0.39, 0.29) is 23.2 Å².